The minimum atomic E-state index is -0.599. The number of carboxylic acids is 1. The molecule has 8 rings (SSSR count). The fourth-order valence-corrected chi connectivity index (χ4v) is 13.2. The van der Waals surface area contributed by atoms with Crippen molar-refractivity contribution in [2.24, 2.45) is 51.2 Å². The predicted molar refractivity (Wildman–Crippen MR) is 174 cm³/mol. The van der Waals surface area contributed by atoms with Crippen molar-refractivity contribution in [1.82, 2.24) is 19.6 Å². The molecule has 0 aliphatic heterocycles. The van der Waals surface area contributed by atoms with Crippen LogP contribution in [0.3, 0.4) is 0 Å². The minimum Gasteiger partial charge on any atom is -0.481 e. The van der Waals surface area contributed by atoms with E-state index >= 15 is 0 Å². The van der Waals surface area contributed by atoms with Crippen LogP contribution in [0.4, 0.5) is 0 Å². The lowest BCUT2D eigenvalue weighted by Crippen LogP contribution is -2.65. The van der Waals surface area contributed by atoms with E-state index in [4.69, 9.17) is 4.98 Å². The Morgan fingerprint density at radius 1 is 1.05 bits per heavy atom. The van der Waals surface area contributed by atoms with Crippen molar-refractivity contribution < 1.29 is 9.90 Å². The average molecular weight is 613 g/mol. The number of aromatic nitrogens is 4. The average Bonchev–Trinajstić information content (AvgIpc) is 3.67. The lowest BCUT2D eigenvalue weighted by molar-refractivity contribution is -0.179. The summed E-state index contributed by atoms with van der Waals surface area (Å²) in [6.07, 6.45) is 12.3. The fraction of sp³-hybridized carbons (Fsp3) is 0.676. The van der Waals surface area contributed by atoms with Crippen LogP contribution in [-0.2, 0) is 16.6 Å². The van der Waals surface area contributed by atoms with Crippen LogP contribution in [0.1, 0.15) is 105 Å². The van der Waals surface area contributed by atoms with Crippen molar-refractivity contribution in [2.45, 2.75) is 105 Å². The molecule has 5 aliphatic rings. The first kappa shape index (κ1) is 28.9. The number of hydrogen-bond acceptors (Lipinski definition) is 5. The second-order valence-corrected chi connectivity index (χ2v) is 17.7. The summed E-state index contributed by atoms with van der Waals surface area (Å²) in [4.78, 5) is 24.1. The van der Waals surface area contributed by atoms with E-state index in [1.54, 1.807) is 17.7 Å². The van der Waals surface area contributed by atoms with Gasteiger partial charge in [-0.1, -0.05) is 66.2 Å². The Morgan fingerprint density at radius 3 is 2.57 bits per heavy atom. The van der Waals surface area contributed by atoms with Gasteiger partial charge in [0, 0.05) is 11.0 Å². The normalized spacial score (nSPS) is 42.3. The van der Waals surface area contributed by atoms with E-state index in [1.807, 2.05) is 4.52 Å². The number of hydrogen-bond donors (Lipinski definition) is 1. The van der Waals surface area contributed by atoms with Crippen molar-refractivity contribution in [3.63, 3.8) is 0 Å². The molecule has 9 atom stereocenters. The third-order valence-electron chi connectivity index (χ3n) is 15.0. The van der Waals surface area contributed by atoms with Crippen molar-refractivity contribution in [3.8, 4) is 10.6 Å². The Hall–Kier alpha value is -2.54. The molecule has 3 saturated carbocycles. The second-order valence-electron chi connectivity index (χ2n) is 16.7. The SMILES string of the molecule is C[C@@H]1CC[C@]2(C(=O)O)CC[C@]3(C)C(=CCC4[C@@]5(C)Cc6c(nc7ncnn7c6-c6cccs6)C(C)(C)C5CC[C@]43C)C2[C@H]1C. The first-order valence-corrected chi connectivity index (χ1v) is 17.9. The standard InChI is InChI=1S/C37H48N4O2S/c1-21-12-15-37(31(42)43)17-16-35(6)24(28(37)22(21)2)10-11-27-34(5)19-23-29(25-9-8-18-44-25)41-32(38-20-39-41)40-30(23)33(3,4)26(34)13-14-36(27,35)7/h8-10,18,20-22,26-28H,11-17,19H2,1-7H3,(H,42,43)/t21-,22+,26?,27?,28?,34+,35-,36-,37+/m1/s1. The molecule has 44 heavy (non-hydrogen) atoms. The molecule has 6 nitrogen and oxygen atoms in total. The molecule has 3 fully saturated rings. The number of aliphatic carboxylic acids is 1. The van der Waals surface area contributed by atoms with Crippen LogP contribution in [0.15, 0.2) is 35.5 Å². The van der Waals surface area contributed by atoms with Crippen LogP contribution in [0.2, 0.25) is 0 Å². The molecule has 7 heteroatoms. The largest absolute Gasteiger partial charge is 0.481 e. The number of carbonyl (C=O) groups is 1. The number of thiophene rings is 1. The van der Waals surface area contributed by atoms with E-state index in [2.05, 4.69) is 82.1 Å². The maximum Gasteiger partial charge on any atom is 0.310 e. The van der Waals surface area contributed by atoms with E-state index in [-0.39, 0.29) is 27.6 Å². The van der Waals surface area contributed by atoms with Gasteiger partial charge in [-0.3, -0.25) is 4.79 Å². The highest BCUT2D eigenvalue weighted by molar-refractivity contribution is 7.13. The second kappa shape index (κ2) is 9.04. The van der Waals surface area contributed by atoms with E-state index in [9.17, 15) is 9.90 Å². The topological polar surface area (TPSA) is 80.4 Å². The molecule has 5 aliphatic carbocycles. The summed E-state index contributed by atoms with van der Waals surface area (Å²) >= 11 is 1.77. The van der Waals surface area contributed by atoms with Gasteiger partial charge in [-0.15, -0.1) is 11.3 Å². The van der Waals surface area contributed by atoms with Gasteiger partial charge < -0.3 is 5.11 Å². The van der Waals surface area contributed by atoms with E-state index in [1.165, 1.54) is 40.2 Å². The van der Waals surface area contributed by atoms with Crippen molar-refractivity contribution in [3.05, 3.63) is 46.7 Å². The van der Waals surface area contributed by atoms with Gasteiger partial charge >= 0.3 is 5.97 Å². The zero-order valence-corrected chi connectivity index (χ0v) is 28.3. The Labute approximate surface area is 265 Å². The molecule has 3 aromatic heterocycles. The fourth-order valence-electron chi connectivity index (χ4n) is 12.4. The Kier molecular flexibility index (Phi) is 5.94. The summed E-state index contributed by atoms with van der Waals surface area (Å²) in [6, 6.07) is 4.35. The lowest BCUT2D eigenvalue weighted by Gasteiger charge is -2.70. The van der Waals surface area contributed by atoms with Gasteiger partial charge in [0.15, 0.2) is 0 Å². The third kappa shape index (κ3) is 3.33. The van der Waals surface area contributed by atoms with Gasteiger partial charge in [-0.05, 0) is 109 Å². The number of allylic oxidation sites excluding steroid dienone is 2. The molecule has 3 aromatic rings. The highest BCUT2D eigenvalue weighted by atomic mass is 32.1. The van der Waals surface area contributed by atoms with E-state index in [0.717, 1.165) is 38.5 Å². The molecule has 3 unspecified atom stereocenters. The number of fused-ring (bicyclic) bond motifs is 9. The monoisotopic (exact) mass is 612 g/mol. The Bertz CT molecular complexity index is 1710. The minimum absolute atomic E-state index is 0.00788. The van der Waals surface area contributed by atoms with Crippen LogP contribution in [0.5, 0.6) is 0 Å². The first-order valence-electron chi connectivity index (χ1n) is 17.0. The van der Waals surface area contributed by atoms with Gasteiger partial charge in [0.25, 0.3) is 5.78 Å². The number of carboxylic acid groups (broad SMARTS) is 1. The Balaban J connectivity index is 1.30. The smallest absolute Gasteiger partial charge is 0.310 e. The maximum absolute atomic E-state index is 13.1. The Morgan fingerprint density at radius 2 is 1.84 bits per heavy atom. The molecule has 0 aromatic carbocycles. The van der Waals surface area contributed by atoms with Gasteiger partial charge in [0.2, 0.25) is 0 Å². The van der Waals surface area contributed by atoms with Gasteiger partial charge in [-0.2, -0.15) is 14.6 Å². The van der Waals surface area contributed by atoms with Gasteiger partial charge in [0.05, 0.1) is 21.7 Å². The van der Waals surface area contributed by atoms with E-state index < -0.39 is 11.4 Å². The van der Waals surface area contributed by atoms with Crippen molar-refractivity contribution >= 4 is 23.1 Å². The predicted octanol–water partition coefficient (Wildman–Crippen LogP) is 8.61. The quantitative estimate of drug-likeness (QED) is 0.293. The molecule has 234 valence electrons. The van der Waals surface area contributed by atoms with Gasteiger partial charge in [0.1, 0.15) is 6.33 Å². The van der Waals surface area contributed by atoms with Gasteiger partial charge in [-0.25, -0.2) is 4.98 Å². The summed E-state index contributed by atoms with van der Waals surface area (Å²) in [5, 5.41) is 17.6. The third-order valence-corrected chi connectivity index (χ3v) is 15.9. The summed E-state index contributed by atoms with van der Waals surface area (Å²) < 4.78 is 1.98. The van der Waals surface area contributed by atoms with Crippen LogP contribution in [-0.4, -0.2) is 30.7 Å². The number of nitrogens with zero attached hydrogens (tertiary/aromatic N) is 4. The van der Waals surface area contributed by atoms with Crippen molar-refractivity contribution in [1.29, 1.82) is 0 Å². The summed E-state index contributed by atoms with van der Waals surface area (Å²) in [6.45, 7) is 17.3. The van der Waals surface area contributed by atoms with Crippen molar-refractivity contribution in [2.75, 3.05) is 0 Å². The highest BCUT2D eigenvalue weighted by Gasteiger charge is 2.69. The summed E-state index contributed by atoms with van der Waals surface area (Å²) in [5.41, 5.74) is 4.72. The molecule has 0 radical (unpaired) electrons. The first-order chi connectivity index (χ1) is 20.8. The molecule has 0 saturated heterocycles. The lowest BCUT2D eigenvalue weighted by atomic mass is 9.33. The highest BCUT2D eigenvalue weighted by Crippen LogP contribution is 2.75. The molecular formula is C37H48N4O2S. The molecule has 1 N–H and O–H groups in total. The molecule has 0 spiro atoms. The summed E-state index contributed by atoms with van der Waals surface area (Å²) in [5.74, 6) is 2.25. The molecule has 0 bridgehead atoms. The molecular weight excluding hydrogens is 565 g/mol. The van der Waals surface area contributed by atoms with Crippen LogP contribution < -0.4 is 0 Å². The summed E-state index contributed by atoms with van der Waals surface area (Å²) in [7, 11) is 0. The molecule has 3 heterocycles. The van der Waals surface area contributed by atoms with Crippen LogP contribution >= 0.6 is 11.3 Å². The van der Waals surface area contributed by atoms with Crippen LogP contribution in [0, 0.1) is 51.2 Å². The zero-order valence-electron chi connectivity index (χ0n) is 27.5. The number of rotatable bonds is 2. The molecule has 0 amide bonds. The van der Waals surface area contributed by atoms with E-state index in [0.29, 0.717) is 29.4 Å². The zero-order chi connectivity index (χ0) is 31.0. The van der Waals surface area contributed by atoms with Crippen LogP contribution in [0.25, 0.3) is 16.3 Å². The maximum atomic E-state index is 13.1.